The van der Waals surface area contributed by atoms with E-state index in [0.29, 0.717) is 30.3 Å². The van der Waals surface area contributed by atoms with Crippen molar-refractivity contribution in [3.8, 4) is 11.5 Å². The van der Waals surface area contributed by atoms with Crippen molar-refractivity contribution >= 4 is 11.8 Å². The number of rotatable bonds is 9. The van der Waals surface area contributed by atoms with Crippen LogP contribution in [0.4, 0.5) is 10.5 Å². The summed E-state index contributed by atoms with van der Waals surface area (Å²) in [5, 5.41) is 3.35. The maximum Gasteiger partial charge on any atom is 0.418 e. The van der Waals surface area contributed by atoms with Crippen LogP contribution < -0.4 is 14.8 Å². The molecule has 176 valence electrons. The second kappa shape index (κ2) is 10.9. The SMILES string of the molecule is COc1cc(CNc2cc(COCc3ccccc3)n(C(=O)OC(C)(C)C)c2)cc(OC)c1. The number of ether oxygens (including phenoxy) is 4. The number of methoxy groups -OCH3 is 2. The van der Waals surface area contributed by atoms with E-state index in [-0.39, 0.29) is 6.61 Å². The van der Waals surface area contributed by atoms with Crippen molar-refractivity contribution in [2.24, 2.45) is 0 Å². The zero-order chi connectivity index (χ0) is 23.8. The minimum absolute atomic E-state index is 0.267. The molecule has 0 aliphatic carbocycles. The Labute approximate surface area is 195 Å². The quantitative estimate of drug-likeness (QED) is 0.455. The first-order chi connectivity index (χ1) is 15.8. The molecule has 33 heavy (non-hydrogen) atoms. The highest BCUT2D eigenvalue weighted by molar-refractivity contribution is 5.74. The number of hydrogen-bond acceptors (Lipinski definition) is 6. The third-order valence-electron chi connectivity index (χ3n) is 4.76. The molecule has 0 saturated heterocycles. The molecule has 3 aromatic rings. The maximum atomic E-state index is 12.8. The second-order valence-electron chi connectivity index (χ2n) is 8.62. The van der Waals surface area contributed by atoms with Crippen molar-refractivity contribution in [1.82, 2.24) is 4.57 Å². The minimum atomic E-state index is -0.603. The second-order valence-corrected chi connectivity index (χ2v) is 8.62. The first kappa shape index (κ1) is 24.2. The van der Waals surface area contributed by atoms with Crippen LogP contribution in [0.2, 0.25) is 0 Å². The van der Waals surface area contributed by atoms with Gasteiger partial charge in [0, 0.05) is 18.8 Å². The van der Waals surface area contributed by atoms with Crippen molar-refractivity contribution in [3.63, 3.8) is 0 Å². The van der Waals surface area contributed by atoms with Crippen LogP contribution in [0.15, 0.2) is 60.8 Å². The van der Waals surface area contributed by atoms with Crippen molar-refractivity contribution in [2.75, 3.05) is 19.5 Å². The molecule has 1 heterocycles. The summed E-state index contributed by atoms with van der Waals surface area (Å²) >= 11 is 0. The molecule has 1 aromatic heterocycles. The van der Waals surface area contributed by atoms with Gasteiger partial charge in [-0.25, -0.2) is 4.79 Å². The fraction of sp³-hybridized carbons (Fsp3) is 0.346. The van der Waals surface area contributed by atoms with E-state index in [2.05, 4.69) is 5.32 Å². The summed E-state index contributed by atoms with van der Waals surface area (Å²) in [6.07, 6.45) is 1.28. The summed E-state index contributed by atoms with van der Waals surface area (Å²) < 4.78 is 23.6. The zero-order valence-corrected chi connectivity index (χ0v) is 19.9. The molecule has 0 atom stereocenters. The summed E-state index contributed by atoms with van der Waals surface area (Å²) in [5.74, 6) is 1.43. The predicted octanol–water partition coefficient (Wildman–Crippen LogP) is 5.62. The lowest BCUT2D eigenvalue weighted by Crippen LogP contribution is -2.27. The van der Waals surface area contributed by atoms with E-state index in [1.165, 1.54) is 4.57 Å². The van der Waals surface area contributed by atoms with Gasteiger partial charge in [-0.15, -0.1) is 0 Å². The van der Waals surface area contributed by atoms with Gasteiger partial charge >= 0.3 is 6.09 Å². The molecular weight excluding hydrogens is 420 g/mol. The number of carbonyl (C=O) groups is 1. The highest BCUT2D eigenvalue weighted by Crippen LogP contribution is 2.24. The molecule has 2 aromatic carbocycles. The third-order valence-corrected chi connectivity index (χ3v) is 4.76. The molecule has 0 radical (unpaired) electrons. The molecule has 1 N–H and O–H groups in total. The van der Waals surface area contributed by atoms with Crippen LogP contribution in [0.3, 0.4) is 0 Å². The maximum absolute atomic E-state index is 12.8. The molecule has 3 rings (SSSR count). The molecule has 7 nitrogen and oxygen atoms in total. The molecule has 0 amide bonds. The van der Waals surface area contributed by atoms with Gasteiger partial charge in [0.1, 0.15) is 17.1 Å². The normalized spacial score (nSPS) is 11.2. The number of aromatic nitrogens is 1. The van der Waals surface area contributed by atoms with E-state index in [9.17, 15) is 4.79 Å². The van der Waals surface area contributed by atoms with Crippen LogP contribution in [0.1, 0.15) is 37.6 Å². The monoisotopic (exact) mass is 452 g/mol. The number of nitrogens with zero attached hydrogens (tertiary/aromatic N) is 1. The Hall–Kier alpha value is -3.45. The predicted molar refractivity (Wildman–Crippen MR) is 128 cm³/mol. The Morgan fingerprint density at radius 1 is 0.909 bits per heavy atom. The molecule has 0 unspecified atom stereocenters. The minimum Gasteiger partial charge on any atom is -0.497 e. The third kappa shape index (κ3) is 7.29. The molecule has 0 fully saturated rings. The van der Waals surface area contributed by atoms with Gasteiger partial charge in [0.05, 0.1) is 38.8 Å². The number of carbonyl (C=O) groups excluding carboxylic acids is 1. The molecule has 0 aliphatic rings. The highest BCUT2D eigenvalue weighted by atomic mass is 16.6. The topological polar surface area (TPSA) is 71.0 Å². The molecule has 0 aliphatic heterocycles. The van der Waals surface area contributed by atoms with Crippen molar-refractivity contribution in [3.05, 3.63) is 77.6 Å². The Kier molecular flexibility index (Phi) is 8.01. The van der Waals surface area contributed by atoms with Crippen LogP contribution in [0.5, 0.6) is 11.5 Å². The van der Waals surface area contributed by atoms with E-state index < -0.39 is 11.7 Å². The molecule has 7 heteroatoms. The number of anilines is 1. The fourth-order valence-corrected chi connectivity index (χ4v) is 3.22. The van der Waals surface area contributed by atoms with Crippen LogP contribution >= 0.6 is 0 Å². The van der Waals surface area contributed by atoms with E-state index in [4.69, 9.17) is 18.9 Å². The van der Waals surface area contributed by atoms with Gasteiger partial charge in [0.25, 0.3) is 0 Å². The van der Waals surface area contributed by atoms with Gasteiger partial charge in [-0.2, -0.15) is 0 Å². The molecule has 0 spiro atoms. The fourth-order valence-electron chi connectivity index (χ4n) is 3.22. The van der Waals surface area contributed by atoms with E-state index >= 15 is 0 Å². The highest BCUT2D eigenvalue weighted by Gasteiger charge is 2.20. The van der Waals surface area contributed by atoms with Crippen molar-refractivity contribution in [1.29, 1.82) is 0 Å². The van der Waals surface area contributed by atoms with Crippen LogP contribution in [-0.4, -0.2) is 30.5 Å². The summed E-state index contributed by atoms with van der Waals surface area (Å²) in [6, 6.07) is 17.5. The van der Waals surface area contributed by atoms with Gasteiger partial charge in [0.2, 0.25) is 0 Å². The summed E-state index contributed by atoms with van der Waals surface area (Å²) in [5.41, 5.74) is 2.93. The van der Waals surface area contributed by atoms with E-state index in [0.717, 1.165) is 16.8 Å². The van der Waals surface area contributed by atoms with E-state index in [1.807, 2.05) is 75.4 Å². The average molecular weight is 453 g/mol. The largest absolute Gasteiger partial charge is 0.497 e. The molecular formula is C26H32N2O5. The standard InChI is InChI=1S/C26H32N2O5/c1-26(2,3)33-25(29)28-16-21(13-22(28)18-32-17-19-9-7-6-8-10-19)27-15-20-11-23(30-4)14-24(12-20)31-5/h6-14,16,27H,15,17-18H2,1-5H3. The smallest absolute Gasteiger partial charge is 0.418 e. The zero-order valence-electron chi connectivity index (χ0n) is 19.9. The summed E-state index contributed by atoms with van der Waals surface area (Å²) in [4.78, 5) is 12.8. The van der Waals surface area contributed by atoms with Crippen molar-refractivity contribution in [2.45, 2.75) is 46.1 Å². The van der Waals surface area contributed by atoms with Crippen LogP contribution in [0, 0.1) is 0 Å². The van der Waals surface area contributed by atoms with Crippen LogP contribution in [0.25, 0.3) is 0 Å². The van der Waals surface area contributed by atoms with Gasteiger partial charge in [-0.05, 0) is 50.1 Å². The number of nitrogens with one attached hydrogen (secondary N) is 1. The van der Waals surface area contributed by atoms with Gasteiger partial charge in [0.15, 0.2) is 0 Å². The van der Waals surface area contributed by atoms with Gasteiger partial charge in [-0.1, -0.05) is 30.3 Å². The van der Waals surface area contributed by atoms with Gasteiger partial charge in [-0.3, -0.25) is 4.57 Å². The lowest BCUT2D eigenvalue weighted by atomic mass is 10.2. The lowest BCUT2D eigenvalue weighted by Gasteiger charge is -2.20. The van der Waals surface area contributed by atoms with Crippen molar-refractivity contribution < 1.29 is 23.7 Å². The Morgan fingerprint density at radius 3 is 2.18 bits per heavy atom. The molecule has 0 bridgehead atoms. The first-order valence-electron chi connectivity index (χ1n) is 10.8. The lowest BCUT2D eigenvalue weighted by molar-refractivity contribution is 0.0505. The molecule has 0 saturated carbocycles. The van der Waals surface area contributed by atoms with E-state index in [1.54, 1.807) is 20.4 Å². The Bertz CT molecular complexity index is 1030. The first-order valence-corrected chi connectivity index (χ1v) is 10.8. The average Bonchev–Trinajstić information content (AvgIpc) is 3.20. The number of hydrogen-bond donors (Lipinski definition) is 1. The summed E-state index contributed by atoms with van der Waals surface area (Å²) in [6.45, 7) is 6.77. The Morgan fingerprint density at radius 2 is 1.58 bits per heavy atom. The van der Waals surface area contributed by atoms with Gasteiger partial charge < -0.3 is 24.3 Å². The number of benzene rings is 2. The van der Waals surface area contributed by atoms with Crippen LogP contribution in [-0.2, 0) is 29.2 Å². The Balaban J connectivity index is 1.74. The summed E-state index contributed by atoms with van der Waals surface area (Å²) in [7, 11) is 3.24.